The molecule has 0 radical (unpaired) electrons. The molecule has 24 heavy (non-hydrogen) atoms. The molecule has 3 atom stereocenters. The topological polar surface area (TPSA) is 38.3 Å². The monoisotopic (exact) mass is 323 g/mol. The molecule has 0 bridgehead atoms. The Kier molecular flexibility index (Phi) is 5.19. The first-order valence-electron chi connectivity index (χ1n) is 8.64. The molecule has 3 unspecified atom stereocenters. The van der Waals surface area contributed by atoms with Gasteiger partial charge < -0.3 is 10.1 Å². The van der Waals surface area contributed by atoms with Gasteiger partial charge in [-0.15, -0.1) is 0 Å². The summed E-state index contributed by atoms with van der Waals surface area (Å²) in [6.07, 6.45) is 2.45. The van der Waals surface area contributed by atoms with Gasteiger partial charge in [-0.25, -0.2) is 0 Å². The molecule has 1 saturated carbocycles. The lowest BCUT2D eigenvalue weighted by Gasteiger charge is -2.19. The summed E-state index contributed by atoms with van der Waals surface area (Å²) in [5.74, 6) is 2.23. The van der Waals surface area contributed by atoms with Gasteiger partial charge >= 0.3 is 0 Å². The van der Waals surface area contributed by atoms with Crippen LogP contribution in [0.15, 0.2) is 54.6 Å². The number of amides is 1. The Morgan fingerprint density at radius 1 is 1.17 bits per heavy atom. The summed E-state index contributed by atoms with van der Waals surface area (Å²) in [4.78, 5) is 12.4. The molecule has 3 rings (SSSR count). The number of rotatable bonds is 7. The SMILES string of the molecule is COc1ccc(CCC(=O)NC(c2ccccc2)C2CC2C)cc1. The summed E-state index contributed by atoms with van der Waals surface area (Å²) in [6, 6.07) is 18.4. The lowest BCUT2D eigenvalue weighted by atomic mass is 10.0. The standard InChI is InChI=1S/C21H25NO2/c1-15-14-19(15)21(17-6-4-3-5-7-17)22-20(23)13-10-16-8-11-18(24-2)12-9-16/h3-9,11-12,15,19,21H,10,13-14H2,1-2H3,(H,22,23). The summed E-state index contributed by atoms with van der Waals surface area (Å²) in [6.45, 7) is 2.25. The highest BCUT2D eigenvalue weighted by molar-refractivity contribution is 5.76. The van der Waals surface area contributed by atoms with Crippen molar-refractivity contribution in [2.24, 2.45) is 11.8 Å². The van der Waals surface area contributed by atoms with Crippen LogP contribution in [0.3, 0.4) is 0 Å². The van der Waals surface area contributed by atoms with E-state index >= 15 is 0 Å². The quantitative estimate of drug-likeness (QED) is 0.831. The summed E-state index contributed by atoms with van der Waals surface area (Å²) in [7, 11) is 1.66. The van der Waals surface area contributed by atoms with E-state index < -0.39 is 0 Å². The van der Waals surface area contributed by atoms with Crippen LogP contribution in [0.4, 0.5) is 0 Å². The number of nitrogens with one attached hydrogen (secondary N) is 1. The molecule has 3 heteroatoms. The van der Waals surface area contributed by atoms with Gasteiger partial charge in [0.05, 0.1) is 13.2 Å². The molecule has 1 N–H and O–H groups in total. The smallest absolute Gasteiger partial charge is 0.220 e. The van der Waals surface area contributed by atoms with Crippen LogP contribution < -0.4 is 10.1 Å². The zero-order valence-corrected chi connectivity index (χ0v) is 14.4. The molecule has 1 aliphatic rings. The molecule has 126 valence electrons. The van der Waals surface area contributed by atoms with Crippen LogP contribution in [0.2, 0.25) is 0 Å². The maximum atomic E-state index is 12.4. The molecule has 1 fully saturated rings. The third-order valence-corrected chi connectivity index (χ3v) is 4.87. The zero-order chi connectivity index (χ0) is 16.9. The highest BCUT2D eigenvalue weighted by Gasteiger charge is 2.40. The summed E-state index contributed by atoms with van der Waals surface area (Å²) >= 11 is 0. The van der Waals surface area contributed by atoms with E-state index in [1.165, 1.54) is 12.0 Å². The molecule has 0 heterocycles. The zero-order valence-electron chi connectivity index (χ0n) is 14.4. The molecule has 1 aliphatic carbocycles. The maximum Gasteiger partial charge on any atom is 0.220 e. The Balaban J connectivity index is 1.57. The van der Waals surface area contributed by atoms with E-state index in [1.54, 1.807) is 7.11 Å². The van der Waals surface area contributed by atoms with Gasteiger partial charge in [-0.2, -0.15) is 0 Å². The van der Waals surface area contributed by atoms with Crippen molar-refractivity contribution in [1.29, 1.82) is 0 Å². The minimum atomic E-state index is 0.124. The molecule has 0 aromatic heterocycles. The third-order valence-electron chi connectivity index (χ3n) is 4.87. The van der Waals surface area contributed by atoms with Crippen molar-refractivity contribution in [2.75, 3.05) is 7.11 Å². The second-order valence-electron chi connectivity index (χ2n) is 6.68. The molecular formula is C21H25NO2. The number of benzene rings is 2. The van der Waals surface area contributed by atoms with Crippen LogP contribution in [0, 0.1) is 11.8 Å². The summed E-state index contributed by atoms with van der Waals surface area (Å²) in [5.41, 5.74) is 2.37. The number of ether oxygens (including phenoxy) is 1. The van der Waals surface area contributed by atoms with Crippen molar-refractivity contribution in [2.45, 2.75) is 32.2 Å². The van der Waals surface area contributed by atoms with Gasteiger partial charge in [-0.1, -0.05) is 49.4 Å². The second-order valence-corrected chi connectivity index (χ2v) is 6.68. The molecule has 0 saturated heterocycles. The average Bonchev–Trinajstić information content (AvgIpc) is 3.35. The summed E-state index contributed by atoms with van der Waals surface area (Å²) in [5, 5.41) is 3.25. The number of carbonyl (C=O) groups is 1. The van der Waals surface area contributed by atoms with E-state index in [1.807, 2.05) is 42.5 Å². The highest BCUT2D eigenvalue weighted by atomic mass is 16.5. The fourth-order valence-corrected chi connectivity index (χ4v) is 3.21. The number of aryl methyl sites for hydroxylation is 1. The third kappa shape index (κ3) is 4.16. The molecular weight excluding hydrogens is 298 g/mol. The number of carbonyl (C=O) groups excluding carboxylic acids is 1. The predicted octanol–water partition coefficient (Wildman–Crippen LogP) is 4.14. The van der Waals surface area contributed by atoms with Crippen LogP contribution in [-0.2, 0) is 11.2 Å². The lowest BCUT2D eigenvalue weighted by molar-refractivity contribution is -0.122. The first kappa shape index (κ1) is 16.6. The van der Waals surface area contributed by atoms with Gasteiger partial charge in [0, 0.05) is 6.42 Å². The Morgan fingerprint density at radius 3 is 2.42 bits per heavy atom. The molecule has 3 nitrogen and oxygen atoms in total. The van der Waals surface area contributed by atoms with Crippen molar-refractivity contribution in [3.05, 3.63) is 65.7 Å². The Hall–Kier alpha value is -2.29. The van der Waals surface area contributed by atoms with E-state index in [0.717, 1.165) is 17.7 Å². The second kappa shape index (κ2) is 7.52. The maximum absolute atomic E-state index is 12.4. The van der Waals surface area contributed by atoms with Gasteiger partial charge in [0.1, 0.15) is 5.75 Å². The minimum Gasteiger partial charge on any atom is -0.497 e. The molecule has 2 aromatic carbocycles. The van der Waals surface area contributed by atoms with Crippen LogP contribution >= 0.6 is 0 Å². The van der Waals surface area contributed by atoms with E-state index in [2.05, 4.69) is 24.4 Å². The normalized spacial score (nSPS) is 20.2. The van der Waals surface area contributed by atoms with E-state index in [0.29, 0.717) is 18.3 Å². The van der Waals surface area contributed by atoms with Crippen molar-refractivity contribution in [1.82, 2.24) is 5.32 Å². The van der Waals surface area contributed by atoms with Crippen LogP contribution in [-0.4, -0.2) is 13.0 Å². The van der Waals surface area contributed by atoms with E-state index in [-0.39, 0.29) is 11.9 Å². The van der Waals surface area contributed by atoms with E-state index in [9.17, 15) is 4.79 Å². The molecule has 1 amide bonds. The van der Waals surface area contributed by atoms with Gasteiger partial charge in [-0.05, 0) is 47.9 Å². The van der Waals surface area contributed by atoms with Crippen molar-refractivity contribution in [3.63, 3.8) is 0 Å². The van der Waals surface area contributed by atoms with Gasteiger partial charge in [0.2, 0.25) is 5.91 Å². The van der Waals surface area contributed by atoms with Crippen molar-refractivity contribution < 1.29 is 9.53 Å². The number of hydrogen-bond donors (Lipinski definition) is 1. The molecule has 2 aromatic rings. The van der Waals surface area contributed by atoms with Gasteiger partial charge in [0.15, 0.2) is 0 Å². The highest BCUT2D eigenvalue weighted by Crippen LogP contribution is 2.46. The Labute approximate surface area is 144 Å². The average molecular weight is 323 g/mol. The Morgan fingerprint density at radius 2 is 1.83 bits per heavy atom. The fraction of sp³-hybridized carbons (Fsp3) is 0.381. The van der Waals surface area contributed by atoms with Crippen molar-refractivity contribution in [3.8, 4) is 5.75 Å². The first-order valence-corrected chi connectivity index (χ1v) is 8.64. The molecule has 0 aliphatic heterocycles. The van der Waals surface area contributed by atoms with E-state index in [4.69, 9.17) is 4.74 Å². The van der Waals surface area contributed by atoms with Crippen molar-refractivity contribution >= 4 is 5.91 Å². The largest absolute Gasteiger partial charge is 0.497 e. The van der Waals surface area contributed by atoms with Crippen LogP contribution in [0.5, 0.6) is 5.75 Å². The minimum absolute atomic E-state index is 0.124. The lowest BCUT2D eigenvalue weighted by Crippen LogP contribution is -2.30. The molecule has 0 spiro atoms. The number of methoxy groups -OCH3 is 1. The number of hydrogen-bond acceptors (Lipinski definition) is 2. The summed E-state index contributed by atoms with van der Waals surface area (Å²) < 4.78 is 5.16. The predicted molar refractivity (Wildman–Crippen MR) is 95.9 cm³/mol. The van der Waals surface area contributed by atoms with Gasteiger partial charge in [-0.3, -0.25) is 4.79 Å². The fourth-order valence-electron chi connectivity index (χ4n) is 3.21. The Bertz CT molecular complexity index is 666. The van der Waals surface area contributed by atoms with Crippen LogP contribution in [0.25, 0.3) is 0 Å². The van der Waals surface area contributed by atoms with Gasteiger partial charge in [0.25, 0.3) is 0 Å². The first-order chi connectivity index (χ1) is 11.7. The van der Waals surface area contributed by atoms with Crippen LogP contribution in [0.1, 0.15) is 36.9 Å².